The topological polar surface area (TPSA) is 55.2 Å². The Morgan fingerprint density at radius 3 is 2.88 bits per heavy atom. The zero-order chi connectivity index (χ0) is 11.5. The van der Waals surface area contributed by atoms with Gasteiger partial charge in [0.1, 0.15) is 5.02 Å². The van der Waals surface area contributed by atoms with Crippen LogP contribution in [0.4, 0.5) is 5.69 Å². The minimum atomic E-state index is -0.436. The predicted octanol–water partition coefficient (Wildman–Crippen LogP) is 3.06. The molecule has 0 aromatic heterocycles. The van der Waals surface area contributed by atoms with Crippen LogP contribution in [0.5, 0.6) is 0 Å². The van der Waals surface area contributed by atoms with Crippen LogP contribution in [0.25, 0.3) is 0 Å². The number of nitrogens with one attached hydrogen (secondary N) is 1. The highest BCUT2D eigenvalue weighted by atomic mass is 35.5. The molecule has 1 heterocycles. The van der Waals surface area contributed by atoms with E-state index in [4.69, 9.17) is 11.6 Å². The third-order valence-corrected chi connectivity index (χ3v) is 3.20. The summed E-state index contributed by atoms with van der Waals surface area (Å²) in [5, 5.41) is 14.3. The van der Waals surface area contributed by atoms with Crippen LogP contribution < -0.4 is 5.32 Å². The molecule has 0 unspecified atom stereocenters. The molecule has 1 fully saturated rings. The van der Waals surface area contributed by atoms with Gasteiger partial charge in [-0.2, -0.15) is 0 Å². The Bertz CT molecular complexity index is 403. The molecule has 1 atom stereocenters. The maximum absolute atomic E-state index is 10.8. The van der Waals surface area contributed by atoms with Crippen molar-refractivity contribution >= 4 is 17.3 Å². The first-order chi connectivity index (χ1) is 7.68. The normalized spacial score (nSPS) is 20.7. The summed E-state index contributed by atoms with van der Waals surface area (Å²) in [5.41, 5.74) is 0.947. The van der Waals surface area contributed by atoms with Crippen molar-refractivity contribution < 1.29 is 4.92 Å². The summed E-state index contributed by atoms with van der Waals surface area (Å²) in [4.78, 5) is 10.3. The molecule has 0 spiro atoms. The minimum absolute atomic E-state index is 0.00783. The van der Waals surface area contributed by atoms with Gasteiger partial charge in [0.2, 0.25) is 0 Å². The standard InChI is InChI=1S/C11H13ClN2O2/c12-9-5-4-8(7-11(9)14(15)16)10-3-1-2-6-13-10/h4-5,7,10,13H,1-3,6H2/t10-/m1/s1. The number of nitro benzene ring substituents is 1. The van der Waals surface area contributed by atoms with E-state index in [9.17, 15) is 10.1 Å². The molecular weight excluding hydrogens is 228 g/mol. The Kier molecular flexibility index (Phi) is 3.41. The van der Waals surface area contributed by atoms with Gasteiger partial charge in [-0.1, -0.05) is 24.1 Å². The van der Waals surface area contributed by atoms with Crippen LogP contribution >= 0.6 is 11.6 Å². The summed E-state index contributed by atoms with van der Waals surface area (Å²) in [6.07, 6.45) is 3.36. The van der Waals surface area contributed by atoms with Crippen molar-refractivity contribution in [3.63, 3.8) is 0 Å². The third-order valence-electron chi connectivity index (χ3n) is 2.88. The number of halogens is 1. The van der Waals surface area contributed by atoms with E-state index in [0.29, 0.717) is 0 Å². The molecular formula is C11H13ClN2O2. The largest absolute Gasteiger partial charge is 0.310 e. The lowest BCUT2D eigenvalue weighted by atomic mass is 9.97. The number of benzene rings is 1. The van der Waals surface area contributed by atoms with E-state index in [0.717, 1.165) is 24.9 Å². The van der Waals surface area contributed by atoms with Gasteiger partial charge in [0, 0.05) is 12.1 Å². The molecule has 0 aliphatic carbocycles. The average molecular weight is 241 g/mol. The van der Waals surface area contributed by atoms with Crippen LogP contribution in [0.15, 0.2) is 18.2 Å². The summed E-state index contributed by atoms with van der Waals surface area (Å²) >= 11 is 5.77. The average Bonchev–Trinajstić information content (AvgIpc) is 2.30. The Balaban J connectivity index is 2.27. The number of rotatable bonds is 2. The second kappa shape index (κ2) is 4.80. The monoisotopic (exact) mass is 240 g/mol. The molecule has 0 amide bonds. The quantitative estimate of drug-likeness (QED) is 0.639. The van der Waals surface area contributed by atoms with Gasteiger partial charge in [-0.05, 0) is 31.0 Å². The predicted molar refractivity (Wildman–Crippen MR) is 62.7 cm³/mol. The van der Waals surface area contributed by atoms with Gasteiger partial charge < -0.3 is 5.32 Å². The number of piperidine rings is 1. The molecule has 5 heteroatoms. The molecule has 1 aliphatic rings. The molecule has 2 rings (SSSR count). The van der Waals surface area contributed by atoms with Crippen LogP contribution in [0.3, 0.4) is 0 Å². The zero-order valence-corrected chi connectivity index (χ0v) is 9.54. The van der Waals surface area contributed by atoms with Crippen LogP contribution in [-0.4, -0.2) is 11.5 Å². The zero-order valence-electron chi connectivity index (χ0n) is 8.78. The lowest BCUT2D eigenvalue weighted by Crippen LogP contribution is -2.26. The molecule has 1 aliphatic heterocycles. The van der Waals surface area contributed by atoms with Gasteiger partial charge >= 0.3 is 0 Å². The van der Waals surface area contributed by atoms with E-state index >= 15 is 0 Å². The molecule has 4 nitrogen and oxygen atoms in total. The molecule has 0 bridgehead atoms. The highest BCUT2D eigenvalue weighted by Crippen LogP contribution is 2.30. The van der Waals surface area contributed by atoms with Crippen molar-refractivity contribution in [1.29, 1.82) is 0 Å². The van der Waals surface area contributed by atoms with Crippen molar-refractivity contribution in [2.45, 2.75) is 25.3 Å². The van der Waals surface area contributed by atoms with Crippen LogP contribution in [0.1, 0.15) is 30.9 Å². The number of nitrogens with zero attached hydrogens (tertiary/aromatic N) is 1. The van der Waals surface area contributed by atoms with Gasteiger partial charge in [0.25, 0.3) is 5.69 Å². The molecule has 1 aromatic carbocycles. The van der Waals surface area contributed by atoms with Crippen molar-refractivity contribution in [2.75, 3.05) is 6.54 Å². The summed E-state index contributed by atoms with van der Waals surface area (Å²) in [6, 6.07) is 5.26. The second-order valence-electron chi connectivity index (χ2n) is 3.97. The molecule has 0 saturated carbocycles. The molecule has 1 aromatic rings. The molecule has 16 heavy (non-hydrogen) atoms. The van der Waals surface area contributed by atoms with E-state index in [1.54, 1.807) is 12.1 Å². The van der Waals surface area contributed by atoms with Gasteiger partial charge in [-0.15, -0.1) is 0 Å². The smallest absolute Gasteiger partial charge is 0.288 e. The number of hydrogen-bond acceptors (Lipinski definition) is 3. The number of hydrogen-bond donors (Lipinski definition) is 1. The van der Waals surface area contributed by atoms with E-state index in [2.05, 4.69) is 5.32 Å². The first-order valence-electron chi connectivity index (χ1n) is 5.35. The highest BCUT2D eigenvalue weighted by Gasteiger charge is 2.19. The second-order valence-corrected chi connectivity index (χ2v) is 4.38. The van der Waals surface area contributed by atoms with Crippen molar-refractivity contribution in [3.8, 4) is 0 Å². The fraction of sp³-hybridized carbons (Fsp3) is 0.455. The van der Waals surface area contributed by atoms with Crippen LogP contribution in [-0.2, 0) is 0 Å². The van der Waals surface area contributed by atoms with E-state index < -0.39 is 4.92 Å². The lowest BCUT2D eigenvalue weighted by molar-refractivity contribution is -0.384. The SMILES string of the molecule is O=[N+]([O-])c1cc([C@H]2CCCCN2)ccc1Cl. The Hall–Kier alpha value is -1.13. The summed E-state index contributed by atoms with van der Waals surface area (Å²) in [6.45, 7) is 0.973. The number of nitro groups is 1. The minimum Gasteiger partial charge on any atom is -0.310 e. The van der Waals surface area contributed by atoms with Gasteiger partial charge in [-0.25, -0.2) is 0 Å². The van der Waals surface area contributed by atoms with Crippen LogP contribution in [0, 0.1) is 10.1 Å². The third kappa shape index (κ3) is 2.33. The Morgan fingerprint density at radius 2 is 2.25 bits per heavy atom. The van der Waals surface area contributed by atoms with Gasteiger partial charge in [-0.3, -0.25) is 10.1 Å². The summed E-state index contributed by atoms with van der Waals surface area (Å²) in [7, 11) is 0. The summed E-state index contributed by atoms with van der Waals surface area (Å²) < 4.78 is 0. The fourth-order valence-corrected chi connectivity index (χ4v) is 2.21. The first kappa shape index (κ1) is 11.4. The molecule has 1 N–H and O–H groups in total. The Labute approximate surface area is 98.8 Å². The summed E-state index contributed by atoms with van der Waals surface area (Å²) in [5.74, 6) is 0. The fourth-order valence-electron chi connectivity index (χ4n) is 2.02. The van der Waals surface area contributed by atoms with Gasteiger partial charge in [0.05, 0.1) is 4.92 Å². The molecule has 1 saturated heterocycles. The van der Waals surface area contributed by atoms with Crippen molar-refractivity contribution in [2.24, 2.45) is 0 Å². The van der Waals surface area contributed by atoms with Gasteiger partial charge in [0.15, 0.2) is 0 Å². The highest BCUT2D eigenvalue weighted by molar-refractivity contribution is 6.32. The maximum atomic E-state index is 10.8. The van der Waals surface area contributed by atoms with Crippen LogP contribution in [0.2, 0.25) is 5.02 Å². The molecule has 86 valence electrons. The maximum Gasteiger partial charge on any atom is 0.288 e. The van der Waals surface area contributed by atoms with E-state index in [1.165, 1.54) is 6.42 Å². The van der Waals surface area contributed by atoms with E-state index in [1.807, 2.05) is 6.07 Å². The van der Waals surface area contributed by atoms with Crippen molar-refractivity contribution in [1.82, 2.24) is 5.32 Å². The Morgan fingerprint density at radius 1 is 1.44 bits per heavy atom. The van der Waals surface area contributed by atoms with Crippen molar-refractivity contribution in [3.05, 3.63) is 38.9 Å². The first-order valence-corrected chi connectivity index (χ1v) is 5.73. The molecule has 0 radical (unpaired) electrons. The lowest BCUT2D eigenvalue weighted by Gasteiger charge is -2.23. The van der Waals surface area contributed by atoms with E-state index in [-0.39, 0.29) is 16.8 Å².